The lowest BCUT2D eigenvalue weighted by atomic mass is 10.1. The monoisotopic (exact) mass is 571 g/mol. The number of halogens is 2. The average molecular weight is 573 g/mol. The fraction of sp³-hybridized carbons (Fsp3) is 0.0435. The van der Waals surface area contributed by atoms with E-state index in [0.717, 1.165) is 4.68 Å². The number of aromatic nitrogens is 2. The van der Waals surface area contributed by atoms with Gasteiger partial charge in [-0.1, -0.05) is 24.3 Å². The zero-order valence-corrected chi connectivity index (χ0v) is 20.0. The molecule has 4 aromatic rings. The van der Waals surface area contributed by atoms with Crippen molar-refractivity contribution in [1.29, 1.82) is 0 Å². The van der Waals surface area contributed by atoms with Crippen LogP contribution in [0.25, 0.3) is 10.9 Å². The number of H-pyrrole nitrogens is 1. The van der Waals surface area contributed by atoms with Gasteiger partial charge in [0.05, 0.1) is 31.6 Å². The molecule has 166 valence electrons. The number of hydrogen-bond donors (Lipinski definition) is 2. The molecule has 8 nitrogen and oxygen atoms in total. The van der Waals surface area contributed by atoms with Crippen LogP contribution in [0.1, 0.15) is 21.5 Å². The number of aromatic carboxylic acids is 1. The lowest BCUT2D eigenvalue weighted by molar-refractivity contribution is 0.0696. The number of hydrogen-bond acceptors (Lipinski definition) is 5. The van der Waals surface area contributed by atoms with Crippen LogP contribution in [0.5, 0.6) is 5.75 Å². The number of fused-ring (bicyclic) bond motifs is 1. The third-order valence-corrected chi connectivity index (χ3v) is 5.86. The summed E-state index contributed by atoms with van der Waals surface area (Å²) in [7, 11) is 0. The number of carbonyl (C=O) groups is 1. The first kappa shape index (κ1) is 22.7. The quantitative estimate of drug-likeness (QED) is 0.333. The highest BCUT2D eigenvalue weighted by Crippen LogP contribution is 2.35. The molecule has 4 rings (SSSR count). The van der Waals surface area contributed by atoms with E-state index in [0.29, 0.717) is 36.7 Å². The van der Waals surface area contributed by atoms with E-state index in [9.17, 15) is 14.4 Å². The summed E-state index contributed by atoms with van der Waals surface area (Å²) < 4.78 is 7.83. The highest BCUT2D eigenvalue weighted by Gasteiger charge is 2.11. The molecule has 3 aromatic carbocycles. The van der Waals surface area contributed by atoms with Gasteiger partial charge in [0.2, 0.25) is 0 Å². The Hall–Kier alpha value is -3.50. The van der Waals surface area contributed by atoms with Crippen LogP contribution >= 0.6 is 31.9 Å². The first-order valence-corrected chi connectivity index (χ1v) is 11.1. The minimum Gasteiger partial charge on any atom is -0.487 e. The number of benzene rings is 3. The number of para-hydroxylation sites is 1. The Kier molecular flexibility index (Phi) is 6.57. The van der Waals surface area contributed by atoms with Crippen molar-refractivity contribution in [3.05, 3.63) is 107 Å². The van der Waals surface area contributed by atoms with Gasteiger partial charge in [-0.05, 0) is 79.4 Å². The van der Waals surface area contributed by atoms with Crippen molar-refractivity contribution in [2.45, 2.75) is 6.61 Å². The van der Waals surface area contributed by atoms with Gasteiger partial charge < -0.3 is 14.8 Å². The Morgan fingerprint density at radius 3 is 2.52 bits per heavy atom. The van der Waals surface area contributed by atoms with Crippen LogP contribution in [0, 0.1) is 0 Å². The van der Waals surface area contributed by atoms with Crippen LogP contribution in [0.2, 0.25) is 0 Å². The number of carboxylic acid groups (broad SMARTS) is 1. The first-order valence-electron chi connectivity index (χ1n) is 9.56. The van der Waals surface area contributed by atoms with Crippen molar-refractivity contribution >= 4 is 54.9 Å². The van der Waals surface area contributed by atoms with Crippen molar-refractivity contribution in [2.75, 3.05) is 0 Å². The first-order chi connectivity index (χ1) is 15.8. The molecule has 0 fully saturated rings. The van der Waals surface area contributed by atoms with Crippen LogP contribution in [0.4, 0.5) is 0 Å². The summed E-state index contributed by atoms with van der Waals surface area (Å²) >= 11 is 6.90. The molecule has 0 bridgehead atoms. The SMILES string of the molecule is O=C(O)c1cccc(COc2c(Br)cc(C=Nn3c(=O)[nH]c4ccccc4c3=O)cc2Br)c1. The molecule has 0 saturated heterocycles. The number of carboxylic acids is 1. The molecule has 0 radical (unpaired) electrons. The molecule has 1 aromatic heterocycles. The van der Waals surface area contributed by atoms with Gasteiger partial charge >= 0.3 is 11.7 Å². The van der Waals surface area contributed by atoms with E-state index >= 15 is 0 Å². The highest BCUT2D eigenvalue weighted by molar-refractivity contribution is 9.11. The Labute approximate surface area is 203 Å². The van der Waals surface area contributed by atoms with Gasteiger partial charge in [0, 0.05) is 0 Å². The van der Waals surface area contributed by atoms with Crippen molar-refractivity contribution in [3.63, 3.8) is 0 Å². The maximum atomic E-state index is 12.6. The van der Waals surface area contributed by atoms with Gasteiger partial charge in [-0.15, -0.1) is 4.68 Å². The highest BCUT2D eigenvalue weighted by atomic mass is 79.9. The Bertz CT molecular complexity index is 1500. The second-order valence-corrected chi connectivity index (χ2v) is 8.65. The summed E-state index contributed by atoms with van der Waals surface area (Å²) in [6.45, 7) is 0.160. The van der Waals surface area contributed by atoms with Crippen LogP contribution in [0.3, 0.4) is 0 Å². The molecule has 0 unspecified atom stereocenters. The second kappa shape index (κ2) is 9.55. The molecule has 0 amide bonds. The van der Waals surface area contributed by atoms with Gasteiger partial charge in [0.25, 0.3) is 5.56 Å². The second-order valence-electron chi connectivity index (χ2n) is 6.95. The Morgan fingerprint density at radius 2 is 1.79 bits per heavy atom. The summed E-state index contributed by atoms with van der Waals surface area (Å²) in [4.78, 5) is 38.6. The summed E-state index contributed by atoms with van der Waals surface area (Å²) in [5.74, 6) is -0.499. The third kappa shape index (κ3) is 4.96. The molecule has 0 aliphatic carbocycles. The zero-order valence-electron chi connectivity index (χ0n) is 16.8. The lowest BCUT2D eigenvalue weighted by Gasteiger charge is -2.12. The van der Waals surface area contributed by atoms with Gasteiger partial charge in [-0.3, -0.25) is 4.79 Å². The van der Waals surface area contributed by atoms with E-state index in [1.54, 1.807) is 54.6 Å². The molecular formula is C23H15Br2N3O5. The summed E-state index contributed by atoms with van der Waals surface area (Å²) in [6, 6.07) is 16.6. The van der Waals surface area contributed by atoms with Gasteiger partial charge in [-0.25, -0.2) is 9.59 Å². The Morgan fingerprint density at radius 1 is 1.06 bits per heavy atom. The fourth-order valence-electron chi connectivity index (χ4n) is 3.12. The van der Waals surface area contributed by atoms with Gasteiger partial charge in [0.1, 0.15) is 12.4 Å². The number of nitrogens with one attached hydrogen (secondary N) is 1. The number of aromatic amines is 1. The molecule has 2 N–H and O–H groups in total. The summed E-state index contributed by atoms with van der Waals surface area (Å²) in [6.07, 6.45) is 1.39. The molecule has 0 saturated carbocycles. The van der Waals surface area contributed by atoms with E-state index in [1.165, 1.54) is 12.3 Å². The minimum absolute atomic E-state index is 0.160. The van der Waals surface area contributed by atoms with Crippen LogP contribution < -0.4 is 16.0 Å². The standard InChI is InChI=1S/C23H15Br2N3O5/c24-17-9-14(11-26-28-21(29)16-6-1-2-7-19(16)27-23(28)32)10-18(25)20(17)33-12-13-4-3-5-15(8-13)22(30)31/h1-11H,12H2,(H,27,32)(H,30,31). The van der Waals surface area contributed by atoms with Crippen molar-refractivity contribution < 1.29 is 14.6 Å². The average Bonchev–Trinajstić information content (AvgIpc) is 2.78. The third-order valence-electron chi connectivity index (χ3n) is 4.68. The fourth-order valence-corrected chi connectivity index (χ4v) is 4.57. The van der Waals surface area contributed by atoms with Crippen molar-refractivity contribution in [3.8, 4) is 5.75 Å². The van der Waals surface area contributed by atoms with E-state index in [2.05, 4.69) is 41.9 Å². The maximum Gasteiger partial charge on any atom is 0.349 e. The number of ether oxygens (including phenoxy) is 1. The number of rotatable bonds is 6. The molecule has 0 aliphatic heterocycles. The Balaban J connectivity index is 1.58. The molecule has 0 atom stereocenters. The largest absolute Gasteiger partial charge is 0.487 e. The van der Waals surface area contributed by atoms with Crippen LogP contribution in [-0.4, -0.2) is 27.0 Å². The molecule has 0 spiro atoms. The number of nitrogens with zero attached hydrogens (tertiary/aromatic N) is 2. The van der Waals surface area contributed by atoms with E-state index in [4.69, 9.17) is 9.84 Å². The predicted molar refractivity (Wildman–Crippen MR) is 131 cm³/mol. The smallest absolute Gasteiger partial charge is 0.349 e. The van der Waals surface area contributed by atoms with Crippen molar-refractivity contribution in [1.82, 2.24) is 9.66 Å². The molecule has 10 heteroatoms. The lowest BCUT2D eigenvalue weighted by Crippen LogP contribution is -2.32. The molecule has 0 aliphatic rings. The van der Waals surface area contributed by atoms with Crippen molar-refractivity contribution in [2.24, 2.45) is 5.10 Å². The summed E-state index contributed by atoms with van der Waals surface area (Å²) in [5, 5.41) is 13.5. The zero-order chi connectivity index (χ0) is 23.5. The summed E-state index contributed by atoms with van der Waals surface area (Å²) in [5.41, 5.74) is 0.770. The normalized spacial score (nSPS) is 11.2. The van der Waals surface area contributed by atoms with Gasteiger partial charge in [0.15, 0.2) is 0 Å². The molecule has 33 heavy (non-hydrogen) atoms. The van der Waals surface area contributed by atoms with Crippen LogP contribution in [-0.2, 0) is 6.61 Å². The van der Waals surface area contributed by atoms with Crippen LogP contribution in [0.15, 0.2) is 84.3 Å². The van der Waals surface area contributed by atoms with E-state index in [1.807, 2.05) is 0 Å². The van der Waals surface area contributed by atoms with E-state index in [-0.39, 0.29) is 12.2 Å². The maximum absolute atomic E-state index is 12.6. The molecular weight excluding hydrogens is 558 g/mol. The van der Waals surface area contributed by atoms with E-state index < -0.39 is 17.2 Å². The predicted octanol–water partition coefficient (Wildman–Crippen LogP) is 4.37. The molecule has 1 heterocycles. The minimum atomic E-state index is -1.01. The topological polar surface area (TPSA) is 114 Å². The van der Waals surface area contributed by atoms with Gasteiger partial charge in [-0.2, -0.15) is 5.10 Å².